The summed E-state index contributed by atoms with van der Waals surface area (Å²) in [7, 11) is 1.76. The summed E-state index contributed by atoms with van der Waals surface area (Å²) in [6.07, 6.45) is -3.00. The average Bonchev–Trinajstić information content (AvgIpc) is 3.26. The van der Waals surface area contributed by atoms with Crippen molar-refractivity contribution in [3.63, 3.8) is 0 Å². The number of halogens is 2. The van der Waals surface area contributed by atoms with Crippen molar-refractivity contribution in [1.82, 2.24) is 15.5 Å². The molecular formula is C29H35F2N5O5. The van der Waals surface area contributed by atoms with Gasteiger partial charge in [-0.05, 0) is 43.5 Å². The third-order valence-corrected chi connectivity index (χ3v) is 6.78. The molecule has 3 rings (SSSR count). The van der Waals surface area contributed by atoms with E-state index >= 15 is 0 Å². The molecule has 2 aromatic carbocycles. The second-order valence-electron chi connectivity index (χ2n) is 10.0. The average molecular weight is 572 g/mol. The van der Waals surface area contributed by atoms with Crippen LogP contribution < -0.4 is 16.0 Å². The monoisotopic (exact) mass is 571 g/mol. The molecule has 6 N–H and O–H groups in total. The van der Waals surface area contributed by atoms with Gasteiger partial charge < -0.3 is 36.5 Å². The normalized spacial score (nSPS) is 18.1. The first-order valence-electron chi connectivity index (χ1n) is 13.0. The van der Waals surface area contributed by atoms with Crippen LogP contribution in [-0.4, -0.2) is 76.2 Å². The third-order valence-electron chi connectivity index (χ3n) is 6.78. The second kappa shape index (κ2) is 13.4. The van der Waals surface area contributed by atoms with Crippen molar-refractivity contribution in [2.45, 2.75) is 57.3 Å². The van der Waals surface area contributed by atoms with Crippen LogP contribution in [0, 0.1) is 5.41 Å². The number of likely N-dealkylation sites (tertiary alicyclic amines) is 1. The van der Waals surface area contributed by atoms with E-state index in [9.17, 15) is 33.4 Å². The molecular weight excluding hydrogens is 536 g/mol. The van der Waals surface area contributed by atoms with Crippen LogP contribution in [0.25, 0.3) is 0 Å². The molecule has 41 heavy (non-hydrogen) atoms. The molecule has 0 bridgehead atoms. The van der Waals surface area contributed by atoms with Gasteiger partial charge in [-0.2, -0.15) is 0 Å². The van der Waals surface area contributed by atoms with Crippen LogP contribution >= 0.6 is 0 Å². The van der Waals surface area contributed by atoms with Crippen molar-refractivity contribution in [1.29, 1.82) is 5.41 Å². The summed E-state index contributed by atoms with van der Waals surface area (Å²) < 4.78 is 29.1. The smallest absolute Gasteiger partial charge is 0.267 e. The van der Waals surface area contributed by atoms with Crippen molar-refractivity contribution in [2.24, 2.45) is 0 Å². The van der Waals surface area contributed by atoms with Gasteiger partial charge in [0.05, 0.1) is 18.2 Å². The van der Waals surface area contributed by atoms with Crippen LogP contribution in [0.4, 0.5) is 14.5 Å². The number of allylic oxidation sites excluding steroid dienone is 1. The lowest BCUT2D eigenvalue weighted by Crippen LogP contribution is -2.56. The van der Waals surface area contributed by atoms with Crippen LogP contribution in [0.2, 0.25) is 0 Å². The molecule has 0 unspecified atom stereocenters. The van der Waals surface area contributed by atoms with Crippen molar-refractivity contribution in [3.05, 3.63) is 77.1 Å². The molecule has 10 nitrogen and oxygen atoms in total. The number of benzene rings is 2. The predicted octanol–water partition coefficient (Wildman–Crippen LogP) is 2.54. The molecule has 2 aromatic rings. The zero-order valence-electron chi connectivity index (χ0n) is 23.1. The second-order valence-corrected chi connectivity index (χ2v) is 10.0. The van der Waals surface area contributed by atoms with E-state index in [4.69, 9.17) is 5.41 Å². The number of hydrogen-bond acceptors (Lipinski definition) is 7. The van der Waals surface area contributed by atoms with Gasteiger partial charge in [0, 0.05) is 31.4 Å². The van der Waals surface area contributed by atoms with Gasteiger partial charge in [0.15, 0.2) is 6.10 Å². The van der Waals surface area contributed by atoms with Gasteiger partial charge in [0.2, 0.25) is 5.91 Å². The lowest BCUT2D eigenvalue weighted by atomic mass is 9.98. The molecule has 220 valence electrons. The number of nitrogens with one attached hydrogen (secondary N) is 4. The van der Waals surface area contributed by atoms with E-state index in [0.717, 1.165) is 11.3 Å². The van der Waals surface area contributed by atoms with Gasteiger partial charge >= 0.3 is 0 Å². The Hall–Kier alpha value is -4.32. The third kappa shape index (κ3) is 8.10. The summed E-state index contributed by atoms with van der Waals surface area (Å²) in [6, 6.07) is 12.8. The SMILES string of the molecule is CNc1ccc(CNC(=O)[C@@H]2CC(F)(F)CN2C(=O)[C@@H](O)[C@H](Cc2ccccc2)NC(=O)/C(C(C)=N)=C(\C)O)cc1. The van der Waals surface area contributed by atoms with Crippen LogP contribution in [0.5, 0.6) is 0 Å². The van der Waals surface area contributed by atoms with Crippen LogP contribution in [0.1, 0.15) is 31.4 Å². The van der Waals surface area contributed by atoms with E-state index < -0.39 is 60.6 Å². The predicted molar refractivity (Wildman–Crippen MR) is 150 cm³/mol. The summed E-state index contributed by atoms with van der Waals surface area (Å²) in [5.74, 6) is -6.68. The number of anilines is 1. The van der Waals surface area contributed by atoms with E-state index in [1.165, 1.54) is 13.8 Å². The standard InChI is InChI=1S/C29H35F2N5O5/c1-17(32)24(18(2)37)27(40)35-22(13-19-7-5-4-6-8-19)25(38)28(41)36-16-29(30,31)14-23(36)26(39)34-15-20-9-11-21(33-3)12-10-20/h4-12,22-23,25,32-33,37-38H,13-16H2,1-3H3,(H,34,39)(H,35,40)/b24-18+,32-17?/t22-,23-,25-/m0/s1. The van der Waals surface area contributed by atoms with E-state index in [1.54, 1.807) is 61.6 Å². The lowest BCUT2D eigenvalue weighted by molar-refractivity contribution is -0.147. The number of hydrogen-bond donors (Lipinski definition) is 6. The van der Waals surface area contributed by atoms with Crippen molar-refractivity contribution in [2.75, 3.05) is 18.9 Å². The molecule has 0 radical (unpaired) electrons. The molecule has 3 amide bonds. The highest BCUT2D eigenvalue weighted by molar-refractivity contribution is 6.20. The van der Waals surface area contributed by atoms with E-state index in [0.29, 0.717) is 10.5 Å². The molecule has 1 fully saturated rings. The molecule has 0 aliphatic carbocycles. The topological polar surface area (TPSA) is 155 Å². The first-order valence-corrected chi connectivity index (χ1v) is 13.0. The Kier molecular flexibility index (Phi) is 10.2. The van der Waals surface area contributed by atoms with Crippen LogP contribution in [0.3, 0.4) is 0 Å². The Labute approximate surface area is 236 Å². The maximum absolute atomic E-state index is 14.5. The van der Waals surface area contributed by atoms with E-state index in [2.05, 4.69) is 16.0 Å². The Balaban J connectivity index is 1.82. The summed E-state index contributed by atoms with van der Waals surface area (Å²) in [5.41, 5.74) is 1.59. The fraction of sp³-hybridized carbons (Fsp3) is 0.379. The Morgan fingerprint density at radius 2 is 1.71 bits per heavy atom. The number of nitrogens with zero attached hydrogens (tertiary/aromatic N) is 1. The summed E-state index contributed by atoms with van der Waals surface area (Å²) in [6.45, 7) is 1.46. The summed E-state index contributed by atoms with van der Waals surface area (Å²) in [4.78, 5) is 40.0. The minimum Gasteiger partial charge on any atom is -0.512 e. The van der Waals surface area contributed by atoms with Gasteiger partial charge in [0.25, 0.3) is 17.7 Å². The summed E-state index contributed by atoms with van der Waals surface area (Å²) >= 11 is 0. The first kappa shape index (κ1) is 31.2. The van der Waals surface area contributed by atoms with Crippen molar-refractivity contribution in [3.8, 4) is 0 Å². The molecule has 1 aliphatic heterocycles. The van der Waals surface area contributed by atoms with Crippen molar-refractivity contribution < 1.29 is 33.4 Å². The number of alkyl halides is 2. The zero-order chi connectivity index (χ0) is 30.3. The van der Waals surface area contributed by atoms with Crippen molar-refractivity contribution >= 4 is 29.1 Å². The highest BCUT2D eigenvalue weighted by atomic mass is 19.3. The number of rotatable bonds is 11. The molecule has 1 heterocycles. The molecule has 3 atom stereocenters. The fourth-order valence-electron chi connectivity index (χ4n) is 4.68. The highest BCUT2D eigenvalue weighted by Gasteiger charge is 2.51. The van der Waals surface area contributed by atoms with E-state index in [-0.39, 0.29) is 24.3 Å². The van der Waals surface area contributed by atoms with Gasteiger partial charge in [-0.15, -0.1) is 0 Å². The molecule has 0 spiro atoms. The first-order chi connectivity index (χ1) is 19.3. The van der Waals surface area contributed by atoms with Gasteiger partial charge in [-0.3, -0.25) is 14.4 Å². The largest absolute Gasteiger partial charge is 0.512 e. The Morgan fingerprint density at radius 3 is 2.27 bits per heavy atom. The molecule has 12 heteroatoms. The van der Waals surface area contributed by atoms with Crippen LogP contribution in [0.15, 0.2) is 65.9 Å². The number of aliphatic hydroxyl groups excluding tert-OH is 2. The quantitative estimate of drug-likeness (QED) is 0.138. The van der Waals surface area contributed by atoms with Gasteiger partial charge in [-0.1, -0.05) is 42.5 Å². The Morgan fingerprint density at radius 1 is 1.07 bits per heavy atom. The zero-order valence-corrected chi connectivity index (χ0v) is 23.1. The molecule has 0 saturated carbocycles. The van der Waals surface area contributed by atoms with E-state index in [1.807, 2.05) is 0 Å². The van der Waals surface area contributed by atoms with Gasteiger partial charge in [-0.25, -0.2) is 8.78 Å². The molecule has 0 aromatic heterocycles. The number of amides is 3. The molecule has 1 aliphatic rings. The number of carbonyl (C=O) groups is 3. The maximum Gasteiger partial charge on any atom is 0.267 e. The highest BCUT2D eigenvalue weighted by Crippen LogP contribution is 2.33. The maximum atomic E-state index is 14.5. The minimum absolute atomic E-state index is 0.0424. The fourth-order valence-corrected chi connectivity index (χ4v) is 4.68. The molecule has 1 saturated heterocycles. The number of carbonyl (C=O) groups excluding carboxylic acids is 3. The summed E-state index contributed by atoms with van der Waals surface area (Å²) in [5, 5.41) is 36.8. The number of aliphatic hydroxyl groups is 2. The Bertz CT molecular complexity index is 1300. The lowest BCUT2D eigenvalue weighted by Gasteiger charge is -2.30. The van der Waals surface area contributed by atoms with Gasteiger partial charge in [0.1, 0.15) is 11.8 Å². The minimum atomic E-state index is -3.37. The van der Waals surface area contributed by atoms with Crippen LogP contribution in [-0.2, 0) is 27.3 Å².